The molecule has 0 unspecified atom stereocenters. The highest BCUT2D eigenvalue weighted by atomic mass is 16.3. The zero-order valence-electron chi connectivity index (χ0n) is 12.7. The third-order valence-corrected chi connectivity index (χ3v) is 3.59. The van der Waals surface area contributed by atoms with Gasteiger partial charge in [-0.1, -0.05) is 46.0 Å². The van der Waals surface area contributed by atoms with Crippen molar-refractivity contribution in [1.29, 1.82) is 0 Å². The number of aromatic nitrogens is 1. The predicted molar refractivity (Wildman–Crippen MR) is 85.3 cm³/mol. The third-order valence-electron chi connectivity index (χ3n) is 3.59. The number of oxazole rings is 1. The van der Waals surface area contributed by atoms with Crippen LogP contribution in [0.1, 0.15) is 58.3 Å². The van der Waals surface area contributed by atoms with Crippen molar-refractivity contribution >= 4 is 16.8 Å². The maximum Gasteiger partial charge on any atom is 0.195 e. The van der Waals surface area contributed by atoms with Crippen LogP contribution < -0.4 is 5.32 Å². The minimum absolute atomic E-state index is 0.813. The van der Waals surface area contributed by atoms with Gasteiger partial charge in [0.05, 0.1) is 0 Å². The Morgan fingerprint density at radius 3 is 2.65 bits per heavy atom. The summed E-state index contributed by atoms with van der Waals surface area (Å²) in [5.41, 5.74) is 2.98. The van der Waals surface area contributed by atoms with Crippen LogP contribution in [0.2, 0.25) is 0 Å². The molecule has 0 radical (unpaired) electrons. The molecule has 0 fully saturated rings. The van der Waals surface area contributed by atoms with E-state index in [0.717, 1.165) is 35.6 Å². The van der Waals surface area contributed by atoms with Gasteiger partial charge in [0, 0.05) is 18.7 Å². The Balaban J connectivity index is 1.75. The molecule has 2 rings (SSSR count). The van der Waals surface area contributed by atoms with E-state index in [4.69, 9.17) is 4.42 Å². The summed E-state index contributed by atoms with van der Waals surface area (Å²) in [7, 11) is 0. The lowest BCUT2D eigenvalue weighted by Gasteiger charge is -2.05. The van der Waals surface area contributed by atoms with E-state index < -0.39 is 0 Å². The molecule has 0 aliphatic rings. The summed E-state index contributed by atoms with van der Waals surface area (Å²) in [4.78, 5) is 4.46. The average Bonchev–Trinajstić information content (AvgIpc) is 2.88. The molecule has 0 atom stereocenters. The van der Waals surface area contributed by atoms with Crippen LogP contribution in [0.4, 0.5) is 5.69 Å². The Kier molecular flexibility index (Phi) is 5.90. The molecule has 110 valence electrons. The van der Waals surface area contributed by atoms with Crippen molar-refractivity contribution < 1.29 is 4.42 Å². The largest absolute Gasteiger partial charge is 0.441 e. The Morgan fingerprint density at radius 2 is 1.85 bits per heavy atom. The van der Waals surface area contributed by atoms with Gasteiger partial charge in [-0.05, 0) is 24.6 Å². The number of nitrogens with one attached hydrogen (secondary N) is 1. The van der Waals surface area contributed by atoms with E-state index in [1.807, 2.05) is 6.07 Å². The smallest absolute Gasteiger partial charge is 0.195 e. The molecule has 0 amide bonds. The lowest BCUT2D eigenvalue weighted by atomic mass is 10.1. The number of hydrogen-bond donors (Lipinski definition) is 1. The minimum atomic E-state index is 0.813. The summed E-state index contributed by atoms with van der Waals surface area (Å²) in [6.45, 7) is 5.35. The molecule has 1 aromatic carbocycles. The first kappa shape index (κ1) is 14.9. The molecule has 1 aromatic heterocycles. The molecule has 0 aliphatic heterocycles. The van der Waals surface area contributed by atoms with Gasteiger partial charge < -0.3 is 9.73 Å². The molecule has 3 heteroatoms. The lowest BCUT2D eigenvalue weighted by Crippen LogP contribution is -2.01. The van der Waals surface area contributed by atoms with E-state index >= 15 is 0 Å². The fraction of sp³-hybridized carbons (Fsp3) is 0.588. The second kappa shape index (κ2) is 7.93. The first-order valence-electron chi connectivity index (χ1n) is 7.96. The van der Waals surface area contributed by atoms with E-state index in [9.17, 15) is 0 Å². The van der Waals surface area contributed by atoms with Crippen LogP contribution in [0.15, 0.2) is 22.6 Å². The number of nitrogens with zero attached hydrogens (tertiary/aromatic N) is 1. The first-order chi connectivity index (χ1) is 9.83. The Bertz CT molecular complexity index is 519. The summed E-state index contributed by atoms with van der Waals surface area (Å²) in [6, 6.07) is 6.16. The number of anilines is 1. The maximum absolute atomic E-state index is 5.61. The van der Waals surface area contributed by atoms with Gasteiger partial charge >= 0.3 is 0 Å². The maximum atomic E-state index is 5.61. The van der Waals surface area contributed by atoms with Gasteiger partial charge in [0.25, 0.3) is 0 Å². The quantitative estimate of drug-likeness (QED) is 0.642. The van der Waals surface area contributed by atoms with Crippen molar-refractivity contribution in [2.24, 2.45) is 0 Å². The number of hydrogen-bond acceptors (Lipinski definition) is 3. The third kappa shape index (κ3) is 4.26. The molecule has 0 aliphatic carbocycles. The predicted octanol–water partition coefficient (Wildman–Crippen LogP) is 5.16. The fourth-order valence-corrected chi connectivity index (χ4v) is 2.37. The Hall–Kier alpha value is -1.51. The van der Waals surface area contributed by atoms with Gasteiger partial charge in [0.15, 0.2) is 11.5 Å². The zero-order chi connectivity index (χ0) is 14.2. The van der Waals surface area contributed by atoms with Gasteiger partial charge in [0.2, 0.25) is 0 Å². The molecule has 2 aromatic rings. The van der Waals surface area contributed by atoms with Crippen LogP contribution in [0, 0.1) is 0 Å². The molecule has 0 saturated carbocycles. The van der Waals surface area contributed by atoms with Crippen LogP contribution in [0.5, 0.6) is 0 Å². The van der Waals surface area contributed by atoms with Gasteiger partial charge in [-0.3, -0.25) is 0 Å². The normalized spacial score (nSPS) is 11.1. The van der Waals surface area contributed by atoms with Crippen molar-refractivity contribution in [1.82, 2.24) is 4.98 Å². The van der Waals surface area contributed by atoms with Crippen molar-refractivity contribution in [3.8, 4) is 0 Å². The average molecular weight is 274 g/mol. The monoisotopic (exact) mass is 274 g/mol. The SMILES string of the molecule is CCCCCCCCNc1ccc2oc(CC)nc2c1. The van der Waals surface area contributed by atoms with Crippen molar-refractivity contribution in [3.63, 3.8) is 0 Å². The molecule has 1 heterocycles. The van der Waals surface area contributed by atoms with E-state index in [-0.39, 0.29) is 0 Å². The molecular weight excluding hydrogens is 248 g/mol. The summed E-state index contributed by atoms with van der Waals surface area (Å²) in [5, 5.41) is 3.47. The van der Waals surface area contributed by atoms with Crippen molar-refractivity contribution in [2.75, 3.05) is 11.9 Å². The second-order valence-corrected chi connectivity index (χ2v) is 5.34. The summed E-state index contributed by atoms with van der Waals surface area (Å²) >= 11 is 0. The molecule has 0 spiro atoms. The molecule has 3 nitrogen and oxygen atoms in total. The van der Waals surface area contributed by atoms with E-state index in [1.54, 1.807) is 0 Å². The Labute approximate surface area is 121 Å². The number of benzene rings is 1. The molecule has 0 bridgehead atoms. The number of unbranched alkanes of at least 4 members (excludes halogenated alkanes) is 5. The highest BCUT2D eigenvalue weighted by Crippen LogP contribution is 2.20. The molecule has 1 N–H and O–H groups in total. The van der Waals surface area contributed by atoms with Crippen molar-refractivity contribution in [2.45, 2.75) is 58.8 Å². The highest BCUT2D eigenvalue weighted by molar-refractivity contribution is 5.77. The number of fused-ring (bicyclic) bond motifs is 1. The fourth-order valence-electron chi connectivity index (χ4n) is 2.37. The van der Waals surface area contributed by atoms with E-state index in [0.29, 0.717) is 0 Å². The van der Waals surface area contributed by atoms with Gasteiger partial charge in [0.1, 0.15) is 5.52 Å². The Morgan fingerprint density at radius 1 is 1.05 bits per heavy atom. The van der Waals surface area contributed by atoms with Crippen LogP contribution in [-0.4, -0.2) is 11.5 Å². The highest BCUT2D eigenvalue weighted by Gasteiger charge is 2.04. The van der Waals surface area contributed by atoms with E-state index in [2.05, 4.69) is 36.3 Å². The number of aryl methyl sites for hydroxylation is 1. The minimum Gasteiger partial charge on any atom is -0.441 e. The van der Waals surface area contributed by atoms with Crippen LogP contribution in [0.25, 0.3) is 11.1 Å². The number of rotatable bonds is 9. The zero-order valence-corrected chi connectivity index (χ0v) is 12.7. The standard InChI is InChI=1S/C17H26N2O/c1-3-5-6-7-8-9-12-18-14-10-11-16-15(13-14)19-17(4-2)20-16/h10-11,13,18H,3-9,12H2,1-2H3. The summed E-state index contributed by atoms with van der Waals surface area (Å²) < 4.78 is 5.61. The van der Waals surface area contributed by atoms with E-state index in [1.165, 1.54) is 38.5 Å². The summed E-state index contributed by atoms with van der Waals surface area (Å²) in [5.74, 6) is 0.813. The van der Waals surface area contributed by atoms with Gasteiger partial charge in [-0.2, -0.15) is 0 Å². The first-order valence-corrected chi connectivity index (χ1v) is 7.96. The second-order valence-electron chi connectivity index (χ2n) is 5.34. The van der Waals surface area contributed by atoms with Gasteiger partial charge in [-0.25, -0.2) is 4.98 Å². The van der Waals surface area contributed by atoms with Crippen molar-refractivity contribution in [3.05, 3.63) is 24.1 Å². The molecular formula is C17H26N2O. The summed E-state index contributed by atoms with van der Waals surface area (Å²) in [6.07, 6.45) is 8.82. The molecule has 0 saturated heterocycles. The van der Waals surface area contributed by atoms with Crippen LogP contribution >= 0.6 is 0 Å². The van der Waals surface area contributed by atoms with Gasteiger partial charge in [-0.15, -0.1) is 0 Å². The molecule has 20 heavy (non-hydrogen) atoms. The lowest BCUT2D eigenvalue weighted by molar-refractivity contribution is 0.538. The topological polar surface area (TPSA) is 38.1 Å². The van der Waals surface area contributed by atoms with Crippen LogP contribution in [-0.2, 0) is 6.42 Å². The van der Waals surface area contributed by atoms with Crippen LogP contribution in [0.3, 0.4) is 0 Å².